The number of ether oxygens (including phenoxy) is 1. The minimum absolute atomic E-state index is 0.347. The van der Waals surface area contributed by atoms with Crippen molar-refractivity contribution in [3.05, 3.63) is 53.9 Å². The van der Waals surface area contributed by atoms with Gasteiger partial charge in [-0.15, -0.1) is 0 Å². The molecule has 1 N–H and O–H groups in total. The maximum Gasteiger partial charge on any atom is 0.342 e. The van der Waals surface area contributed by atoms with Gasteiger partial charge in [0.25, 0.3) is 0 Å². The number of hydrogen-bond acceptors (Lipinski definition) is 4. The van der Waals surface area contributed by atoms with Crippen LogP contribution in [0.25, 0.3) is 10.9 Å². The molecule has 2 heterocycles. The van der Waals surface area contributed by atoms with Gasteiger partial charge in [-0.1, -0.05) is 6.07 Å². The molecule has 0 spiro atoms. The van der Waals surface area contributed by atoms with E-state index in [0.29, 0.717) is 17.3 Å². The predicted molar refractivity (Wildman–Crippen MR) is 108 cm³/mol. The van der Waals surface area contributed by atoms with Gasteiger partial charge in [0.2, 0.25) is 0 Å². The molecule has 5 heteroatoms. The monoisotopic (exact) mass is 363 g/mol. The molecule has 0 atom stereocenters. The third-order valence-corrected chi connectivity index (χ3v) is 4.76. The molecule has 140 valence electrons. The van der Waals surface area contributed by atoms with Crippen molar-refractivity contribution in [2.75, 3.05) is 5.32 Å². The van der Waals surface area contributed by atoms with Gasteiger partial charge in [0.05, 0.1) is 0 Å². The van der Waals surface area contributed by atoms with Crippen molar-refractivity contribution in [3.63, 3.8) is 0 Å². The number of pyridine rings is 1. The lowest BCUT2D eigenvalue weighted by molar-refractivity contribution is 0.00703. The Labute approximate surface area is 159 Å². The van der Waals surface area contributed by atoms with E-state index in [0.717, 1.165) is 35.0 Å². The summed E-state index contributed by atoms with van der Waals surface area (Å²) in [4.78, 5) is 17.4. The van der Waals surface area contributed by atoms with Crippen molar-refractivity contribution in [1.82, 2.24) is 9.55 Å². The van der Waals surface area contributed by atoms with Crippen LogP contribution in [0.1, 0.15) is 55.5 Å². The fourth-order valence-electron chi connectivity index (χ4n) is 3.25. The van der Waals surface area contributed by atoms with Gasteiger partial charge in [-0.25, -0.2) is 9.78 Å². The van der Waals surface area contributed by atoms with E-state index in [9.17, 15) is 4.79 Å². The molecule has 2 aromatic heterocycles. The molecule has 1 saturated carbocycles. The van der Waals surface area contributed by atoms with E-state index in [1.165, 1.54) is 0 Å². The summed E-state index contributed by atoms with van der Waals surface area (Å²) in [6.07, 6.45) is 6.21. The summed E-state index contributed by atoms with van der Waals surface area (Å²) < 4.78 is 7.69. The first-order valence-electron chi connectivity index (χ1n) is 9.36. The van der Waals surface area contributed by atoms with Crippen LogP contribution in [0.15, 0.2) is 42.7 Å². The number of fused-ring (bicyclic) bond motifs is 1. The summed E-state index contributed by atoms with van der Waals surface area (Å²) in [5.74, 6) is 0.704. The number of nitrogens with one attached hydrogen (secondary N) is 1. The van der Waals surface area contributed by atoms with Crippen molar-refractivity contribution < 1.29 is 9.53 Å². The number of esters is 1. The minimum Gasteiger partial charge on any atom is -0.456 e. The molecule has 0 bridgehead atoms. The normalized spacial score (nSPS) is 14.4. The molecular formula is C22H25N3O2. The Hall–Kier alpha value is -2.82. The molecule has 0 unspecified atom stereocenters. The molecular weight excluding hydrogens is 338 g/mol. The molecule has 0 aliphatic heterocycles. The molecule has 3 aromatic rings. The minimum atomic E-state index is -0.552. The van der Waals surface area contributed by atoms with Crippen LogP contribution in [-0.2, 0) is 11.8 Å². The van der Waals surface area contributed by atoms with Crippen LogP contribution in [0, 0.1) is 0 Å². The molecule has 1 aromatic carbocycles. The summed E-state index contributed by atoms with van der Waals surface area (Å²) in [6.45, 7) is 5.63. The predicted octanol–water partition coefficient (Wildman–Crippen LogP) is 5.15. The highest BCUT2D eigenvalue weighted by molar-refractivity contribution is 5.99. The van der Waals surface area contributed by atoms with Crippen LogP contribution < -0.4 is 5.32 Å². The van der Waals surface area contributed by atoms with Crippen LogP contribution >= 0.6 is 0 Å². The largest absolute Gasteiger partial charge is 0.456 e. The Morgan fingerprint density at radius 2 is 2.04 bits per heavy atom. The summed E-state index contributed by atoms with van der Waals surface area (Å²) in [5.41, 5.74) is 3.09. The lowest BCUT2D eigenvalue weighted by Gasteiger charge is -2.21. The number of hydrogen-bond donors (Lipinski definition) is 1. The number of aromatic nitrogens is 2. The second-order valence-corrected chi connectivity index (χ2v) is 8.23. The van der Waals surface area contributed by atoms with Crippen LogP contribution in [0.4, 0.5) is 11.5 Å². The first-order valence-corrected chi connectivity index (χ1v) is 9.36. The Kier molecular flexibility index (Phi) is 4.17. The molecule has 0 saturated heterocycles. The number of benzene rings is 1. The van der Waals surface area contributed by atoms with Crippen LogP contribution in [0.3, 0.4) is 0 Å². The number of nitrogens with zero attached hydrogens (tertiary/aromatic N) is 2. The Morgan fingerprint density at radius 3 is 2.74 bits per heavy atom. The third kappa shape index (κ3) is 3.68. The third-order valence-electron chi connectivity index (χ3n) is 4.76. The van der Waals surface area contributed by atoms with E-state index >= 15 is 0 Å². The second kappa shape index (κ2) is 6.41. The maximum absolute atomic E-state index is 12.8. The zero-order valence-corrected chi connectivity index (χ0v) is 16.2. The quantitative estimate of drug-likeness (QED) is 0.651. The molecule has 0 radical (unpaired) electrons. The van der Waals surface area contributed by atoms with Crippen molar-refractivity contribution in [1.29, 1.82) is 0 Å². The molecule has 4 rings (SSSR count). The van der Waals surface area contributed by atoms with Gasteiger partial charge in [-0.3, -0.25) is 0 Å². The van der Waals surface area contributed by atoms with E-state index in [4.69, 9.17) is 4.74 Å². The number of carbonyl (C=O) groups is 1. The zero-order valence-electron chi connectivity index (χ0n) is 16.2. The maximum atomic E-state index is 12.8. The van der Waals surface area contributed by atoms with Gasteiger partial charge < -0.3 is 14.6 Å². The Morgan fingerprint density at radius 1 is 1.26 bits per heavy atom. The number of anilines is 2. The van der Waals surface area contributed by atoms with Gasteiger partial charge in [-0.05, 0) is 69.4 Å². The SMILES string of the molecule is Cn1ccc2c(Nc3ncc(C4CC4)cc3C(=O)OC(C)(C)C)cccc21. The van der Waals surface area contributed by atoms with E-state index in [2.05, 4.69) is 27.0 Å². The number of carbonyl (C=O) groups excluding carboxylic acids is 1. The lowest BCUT2D eigenvalue weighted by Crippen LogP contribution is -2.24. The van der Waals surface area contributed by atoms with Gasteiger partial charge in [0.1, 0.15) is 17.0 Å². The highest BCUT2D eigenvalue weighted by Gasteiger charge is 2.28. The first-order chi connectivity index (χ1) is 12.8. The first kappa shape index (κ1) is 17.6. The Bertz CT molecular complexity index is 1010. The zero-order chi connectivity index (χ0) is 19.2. The molecule has 0 amide bonds. The van der Waals surface area contributed by atoms with Gasteiger partial charge >= 0.3 is 5.97 Å². The average molecular weight is 363 g/mol. The molecule has 1 aliphatic carbocycles. The van der Waals surface area contributed by atoms with E-state index < -0.39 is 5.60 Å². The van der Waals surface area contributed by atoms with Gasteiger partial charge in [-0.2, -0.15) is 0 Å². The molecule has 1 fully saturated rings. The fraction of sp³-hybridized carbons (Fsp3) is 0.364. The van der Waals surface area contributed by atoms with Crippen molar-refractivity contribution >= 4 is 28.4 Å². The second-order valence-electron chi connectivity index (χ2n) is 8.23. The van der Waals surface area contributed by atoms with Crippen molar-refractivity contribution in [2.45, 2.75) is 45.1 Å². The van der Waals surface area contributed by atoms with E-state index in [-0.39, 0.29) is 5.97 Å². The lowest BCUT2D eigenvalue weighted by atomic mass is 10.1. The van der Waals surface area contributed by atoms with Crippen LogP contribution in [0.2, 0.25) is 0 Å². The van der Waals surface area contributed by atoms with Crippen LogP contribution in [0.5, 0.6) is 0 Å². The number of aryl methyl sites for hydroxylation is 1. The van der Waals surface area contributed by atoms with E-state index in [1.54, 1.807) is 0 Å². The molecule has 5 nitrogen and oxygen atoms in total. The van der Waals surface area contributed by atoms with Crippen molar-refractivity contribution in [2.24, 2.45) is 7.05 Å². The molecule has 1 aliphatic rings. The molecule has 27 heavy (non-hydrogen) atoms. The van der Waals surface area contributed by atoms with Gasteiger partial charge in [0.15, 0.2) is 0 Å². The topological polar surface area (TPSA) is 56.2 Å². The van der Waals surface area contributed by atoms with Crippen LogP contribution in [-0.4, -0.2) is 21.1 Å². The summed E-state index contributed by atoms with van der Waals surface area (Å²) >= 11 is 0. The summed E-state index contributed by atoms with van der Waals surface area (Å²) in [5, 5.41) is 4.44. The Balaban J connectivity index is 1.73. The average Bonchev–Trinajstić information content (AvgIpc) is 3.38. The highest BCUT2D eigenvalue weighted by atomic mass is 16.6. The summed E-state index contributed by atoms with van der Waals surface area (Å²) in [7, 11) is 2.01. The van der Waals surface area contributed by atoms with Crippen molar-refractivity contribution in [3.8, 4) is 0 Å². The van der Waals surface area contributed by atoms with Gasteiger partial charge in [0, 0.05) is 36.0 Å². The fourth-order valence-corrected chi connectivity index (χ4v) is 3.25. The standard InChI is InChI=1S/C22H25N3O2/c1-22(2,3)27-21(26)17-12-15(14-8-9-14)13-23-20(17)24-18-6-5-7-19-16(18)10-11-25(19)4/h5-7,10-14H,8-9H2,1-4H3,(H,23,24). The smallest absolute Gasteiger partial charge is 0.342 e. The number of rotatable bonds is 4. The highest BCUT2D eigenvalue weighted by Crippen LogP contribution is 2.41. The summed E-state index contributed by atoms with van der Waals surface area (Å²) in [6, 6.07) is 10.1. The van der Waals surface area contributed by atoms with E-state index in [1.807, 2.05) is 58.4 Å².